The molecule has 0 radical (unpaired) electrons. The van der Waals surface area contributed by atoms with Gasteiger partial charge in [-0.3, -0.25) is 4.79 Å². The first-order valence-electron chi connectivity index (χ1n) is 7.35. The van der Waals surface area contributed by atoms with Gasteiger partial charge < -0.3 is 15.4 Å². The van der Waals surface area contributed by atoms with Crippen LogP contribution in [-0.2, 0) is 0 Å². The van der Waals surface area contributed by atoms with E-state index in [1.807, 2.05) is 11.8 Å². The van der Waals surface area contributed by atoms with E-state index in [9.17, 15) is 4.79 Å². The van der Waals surface area contributed by atoms with Crippen molar-refractivity contribution in [2.75, 3.05) is 18.9 Å². The Morgan fingerprint density at radius 1 is 1.40 bits per heavy atom. The smallest absolute Gasteiger partial charge is 0.254 e. The van der Waals surface area contributed by atoms with E-state index >= 15 is 0 Å². The Morgan fingerprint density at radius 3 is 2.65 bits per heavy atom. The molecule has 0 spiro atoms. The van der Waals surface area contributed by atoms with Crippen LogP contribution in [0.4, 0.5) is 5.69 Å². The van der Waals surface area contributed by atoms with Gasteiger partial charge in [-0.1, -0.05) is 0 Å². The molecule has 0 bridgehead atoms. The van der Waals surface area contributed by atoms with Crippen LogP contribution in [0, 0.1) is 5.92 Å². The van der Waals surface area contributed by atoms with Gasteiger partial charge >= 0.3 is 0 Å². The molecule has 4 heteroatoms. The predicted octanol–water partition coefficient (Wildman–Crippen LogP) is 2.93. The van der Waals surface area contributed by atoms with E-state index < -0.39 is 0 Å². The Morgan fingerprint density at radius 2 is 2.10 bits per heavy atom. The number of carbonyl (C=O) groups excluding carboxylic acids is 1. The first-order valence-corrected chi connectivity index (χ1v) is 7.35. The van der Waals surface area contributed by atoms with Crippen molar-refractivity contribution in [3.63, 3.8) is 0 Å². The van der Waals surface area contributed by atoms with Gasteiger partial charge in [0, 0.05) is 29.9 Å². The number of hydrogen-bond acceptors (Lipinski definition) is 3. The van der Waals surface area contributed by atoms with Crippen molar-refractivity contribution in [3.8, 4) is 5.75 Å². The van der Waals surface area contributed by atoms with Crippen LogP contribution in [0.5, 0.6) is 5.75 Å². The molecule has 1 saturated carbocycles. The van der Waals surface area contributed by atoms with Crippen LogP contribution in [0.1, 0.15) is 44.0 Å². The van der Waals surface area contributed by atoms with E-state index in [-0.39, 0.29) is 11.9 Å². The Balaban J connectivity index is 2.20. The maximum atomic E-state index is 12.7. The van der Waals surface area contributed by atoms with Gasteiger partial charge in [0.15, 0.2) is 0 Å². The minimum Gasteiger partial charge on any atom is -0.494 e. The molecule has 1 aliphatic carbocycles. The third-order valence-corrected chi connectivity index (χ3v) is 3.52. The molecule has 20 heavy (non-hydrogen) atoms. The zero-order valence-corrected chi connectivity index (χ0v) is 12.6. The summed E-state index contributed by atoms with van der Waals surface area (Å²) in [4.78, 5) is 14.6. The highest BCUT2D eigenvalue weighted by Gasteiger charge is 2.28. The van der Waals surface area contributed by atoms with E-state index in [2.05, 4.69) is 13.8 Å². The molecule has 0 atom stereocenters. The maximum absolute atomic E-state index is 12.7. The van der Waals surface area contributed by atoms with Crippen LogP contribution < -0.4 is 10.5 Å². The molecule has 110 valence electrons. The average molecular weight is 276 g/mol. The van der Waals surface area contributed by atoms with E-state index in [1.165, 1.54) is 12.8 Å². The molecule has 0 heterocycles. The second kappa shape index (κ2) is 6.16. The normalized spacial score (nSPS) is 14.4. The van der Waals surface area contributed by atoms with Crippen LogP contribution in [-0.4, -0.2) is 30.0 Å². The van der Waals surface area contributed by atoms with Crippen molar-refractivity contribution in [1.29, 1.82) is 0 Å². The summed E-state index contributed by atoms with van der Waals surface area (Å²) < 4.78 is 5.46. The first-order chi connectivity index (χ1) is 9.51. The van der Waals surface area contributed by atoms with Crippen LogP contribution in [0.15, 0.2) is 18.2 Å². The monoisotopic (exact) mass is 276 g/mol. The zero-order valence-electron chi connectivity index (χ0n) is 12.6. The van der Waals surface area contributed by atoms with Crippen molar-refractivity contribution >= 4 is 11.6 Å². The van der Waals surface area contributed by atoms with Gasteiger partial charge in [0.05, 0.1) is 6.61 Å². The van der Waals surface area contributed by atoms with Crippen molar-refractivity contribution in [1.82, 2.24) is 4.90 Å². The summed E-state index contributed by atoms with van der Waals surface area (Å²) in [6.07, 6.45) is 2.47. The highest BCUT2D eigenvalue weighted by Crippen LogP contribution is 2.31. The fraction of sp³-hybridized carbons (Fsp3) is 0.562. The minimum absolute atomic E-state index is 0.0418. The Bertz CT molecular complexity index is 481. The van der Waals surface area contributed by atoms with Crippen LogP contribution in [0.2, 0.25) is 0 Å². The van der Waals surface area contributed by atoms with Gasteiger partial charge in [0.25, 0.3) is 5.91 Å². The average Bonchev–Trinajstić information content (AvgIpc) is 3.18. The molecule has 4 nitrogen and oxygen atoms in total. The van der Waals surface area contributed by atoms with E-state index in [0.29, 0.717) is 29.5 Å². The number of nitrogens with zero attached hydrogens (tertiary/aromatic N) is 1. The van der Waals surface area contributed by atoms with Crippen LogP contribution in [0.25, 0.3) is 0 Å². The van der Waals surface area contributed by atoms with Gasteiger partial charge in [-0.25, -0.2) is 0 Å². The summed E-state index contributed by atoms with van der Waals surface area (Å²) in [6.45, 7) is 7.42. The zero-order chi connectivity index (χ0) is 14.7. The predicted molar refractivity (Wildman–Crippen MR) is 80.9 cm³/mol. The molecule has 0 aromatic heterocycles. The van der Waals surface area contributed by atoms with Gasteiger partial charge in [-0.15, -0.1) is 0 Å². The van der Waals surface area contributed by atoms with Crippen molar-refractivity contribution in [2.24, 2.45) is 5.92 Å². The van der Waals surface area contributed by atoms with Crippen LogP contribution >= 0.6 is 0 Å². The number of nitrogens with two attached hydrogens (primary N) is 1. The molecular weight excluding hydrogens is 252 g/mol. The lowest BCUT2D eigenvalue weighted by molar-refractivity contribution is 0.0696. The molecule has 2 N–H and O–H groups in total. The van der Waals surface area contributed by atoms with Crippen LogP contribution in [0.3, 0.4) is 0 Å². The fourth-order valence-corrected chi connectivity index (χ4v) is 2.27. The number of amides is 1. The lowest BCUT2D eigenvalue weighted by Gasteiger charge is -2.27. The van der Waals surface area contributed by atoms with E-state index in [4.69, 9.17) is 10.5 Å². The number of rotatable bonds is 6. The molecule has 0 aliphatic heterocycles. The third-order valence-electron chi connectivity index (χ3n) is 3.52. The Kier molecular flexibility index (Phi) is 4.53. The Labute approximate surface area is 120 Å². The van der Waals surface area contributed by atoms with Crippen molar-refractivity contribution in [3.05, 3.63) is 23.8 Å². The third kappa shape index (κ3) is 3.65. The molecule has 1 amide bonds. The van der Waals surface area contributed by atoms with Gasteiger partial charge in [-0.2, -0.15) is 0 Å². The quantitative estimate of drug-likeness (QED) is 0.813. The molecule has 2 rings (SSSR count). The lowest BCUT2D eigenvalue weighted by atomic mass is 10.1. The second-order valence-electron chi connectivity index (χ2n) is 5.72. The molecule has 1 aromatic carbocycles. The van der Waals surface area contributed by atoms with E-state index in [1.54, 1.807) is 18.2 Å². The fourth-order valence-electron chi connectivity index (χ4n) is 2.27. The number of benzene rings is 1. The van der Waals surface area contributed by atoms with Gasteiger partial charge in [0.1, 0.15) is 5.75 Å². The standard InChI is InChI=1S/C16H24N2O2/c1-4-20-15-8-13(7-14(17)9-15)16(19)18(11(2)3)10-12-5-6-12/h7-9,11-12H,4-6,10,17H2,1-3H3. The van der Waals surface area contributed by atoms with Gasteiger partial charge in [0.2, 0.25) is 0 Å². The number of carbonyl (C=O) groups is 1. The summed E-state index contributed by atoms with van der Waals surface area (Å²) >= 11 is 0. The lowest BCUT2D eigenvalue weighted by Crippen LogP contribution is -2.38. The van der Waals surface area contributed by atoms with Gasteiger partial charge in [-0.05, 0) is 51.7 Å². The molecule has 1 aromatic rings. The first kappa shape index (κ1) is 14.7. The van der Waals surface area contributed by atoms with Crippen molar-refractivity contribution in [2.45, 2.75) is 39.7 Å². The summed E-state index contributed by atoms with van der Waals surface area (Å²) in [5.74, 6) is 1.37. The largest absolute Gasteiger partial charge is 0.494 e. The summed E-state index contributed by atoms with van der Waals surface area (Å²) in [5.41, 5.74) is 7.04. The SMILES string of the molecule is CCOc1cc(N)cc(C(=O)N(CC2CC2)C(C)C)c1. The molecule has 1 aliphatic rings. The second-order valence-corrected chi connectivity index (χ2v) is 5.72. The number of anilines is 1. The summed E-state index contributed by atoms with van der Waals surface area (Å²) in [7, 11) is 0. The number of ether oxygens (including phenoxy) is 1. The highest BCUT2D eigenvalue weighted by molar-refractivity contribution is 5.95. The molecule has 1 fully saturated rings. The van der Waals surface area contributed by atoms with E-state index in [0.717, 1.165) is 6.54 Å². The number of nitrogen functional groups attached to an aromatic ring is 1. The maximum Gasteiger partial charge on any atom is 0.254 e. The molecule has 0 saturated heterocycles. The van der Waals surface area contributed by atoms with Crippen molar-refractivity contribution < 1.29 is 9.53 Å². The Hall–Kier alpha value is -1.71. The summed E-state index contributed by atoms with van der Waals surface area (Å²) in [5, 5.41) is 0. The summed E-state index contributed by atoms with van der Waals surface area (Å²) in [6, 6.07) is 5.46. The topological polar surface area (TPSA) is 55.6 Å². The minimum atomic E-state index is 0.0418. The molecule has 0 unspecified atom stereocenters. The molecular formula is C16H24N2O2. The number of hydrogen-bond donors (Lipinski definition) is 1. The highest BCUT2D eigenvalue weighted by atomic mass is 16.5.